The van der Waals surface area contributed by atoms with Crippen LogP contribution >= 0.6 is 0 Å². The summed E-state index contributed by atoms with van der Waals surface area (Å²) in [7, 11) is 3.66. The van der Waals surface area contributed by atoms with Crippen LogP contribution in [0.25, 0.3) is 0 Å². The third-order valence-electron chi connectivity index (χ3n) is 5.55. The van der Waals surface area contributed by atoms with Crippen LogP contribution in [0.15, 0.2) is 36.4 Å². The molecular formula is C20H28N6O4S. The van der Waals surface area contributed by atoms with Gasteiger partial charge in [-0.15, -0.1) is 0 Å². The lowest BCUT2D eigenvalue weighted by Gasteiger charge is -2.53. The van der Waals surface area contributed by atoms with Crippen LogP contribution < -0.4 is 31.1 Å². The van der Waals surface area contributed by atoms with Gasteiger partial charge in [0.1, 0.15) is 0 Å². The Morgan fingerprint density at radius 2 is 1.39 bits per heavy atom. The van der Waals surface area contributed by atoms with Crippen molar-refractivity contribution in [1.29, 1.82) is 0 Å². The van der Waals surface area contributed by atoms with Crippen LogP contribution in [-0.2, 0) is 18.8 Å². The minimum absolute atomic E-state index is 0.138. The molecule has 31 heavy (non-hydrogen) atoms. The van der Waals surface area contributed by atoms with Gasteiger partial charge in [0.25, 0.3) is 0 Å². The van der Waals surface area contributed by atoms with Crippen LogP contribution in [-0.4, -0.2) is 62.2 Å². The van der Waals surface area contributed by atoms with Crippen molar-refractivity contribution in [3.8, 4) is 0 Å². The van der Waals surface area contributed by atoms with Crippen LogP contribution in [0.2, 0.25) is 0 Å². The van der Waals surface area contributed by atoms with Gasteiger partial charge in [-0.1, -0.05) is 0 Å². The molecule has 168 valence electrons. The number of anilines is 6. The summed E-state index contributed by atoms with van der Waals surface area (Å²) in [4.78, 5) is 7.65. The predicted molar refractivity (Wildman–Crippen MR) is 124 cm³/mol. The van der Waals surface area contributed by atoms with Crippen molar-refractivity contribution in [3.63, 3.8) is 0 Å². The molecule has 11 heteroatoms. The summed E-state index contributed by atoms with van der Waals surface area (Å²) in [6, 6.07) is 11.3. The van der Waals surface area contributed by atoms with E-state index in [9.17, 15) is 8.42 Å². The van der Waals surface area contributed by atoms with Crippen LogP contribution in [0.5, 0.6) is 0 Å². The highest BCUT2D eigenvalue weighted by atomic mass is 32.3. The molecule has 0 unspecified atom stereocenters. The van der Waals surface area contributed by atoms with Gasteiger partial charge < -0.3 is 31.1 Å². The number of benzene rings is 2. The maximum atomic E-state index is 11.9. The molecule has 2 fully saturated rings. The smallest absolute Gasteiger partial charge is 0.397 e. The summed E-state index contributed by atoms with van der Waals surface area (Å²) in [6.07, 6.45) is 0. The lowest BCUT2D eigenvalue weighted by Crippen LogP contribution is -2.72. The van der Waals surface area contributed by atoms with Crippen LogP contribution in [0, 0.1) is 0 Å². The molecule has 0 aromatic heterocycles. The number of rotatable bonds is 4. The normalized spacial score (nSPS) is 19.2. The average Bonchev–Trinajstić information content (AvgIpc) is 2.67. The molecule has 2 aliphatic rings. The van der Waals surface area contributed by atoms with Gasteiger partial charge in [-0.05, 0) is 36.4 Å². The van der Waals surface area contributed by atoms with Gasteiger partial charge in [-0.25, -0.2) is 0 Å². The van der Waals surface area contributed by atoms with Crippen LogP contribution in [0.3, 0.4) is 0 Å². The van der Waals surface area contributed by atoms with Crippen molar-refractivity contribution in [2.45, 2.75) is 5.91 Å². The van der Waals surface area contributed by atoms with Crippen molar-refractivity contribution < 1.29 is 16.8 Å². The molecule has 0 radical (unpaired) electrons. The number of nitrogen functional groups attached to an aromatic ring is 2. The molecule has 0 atom stereocenters. The van der Waals surface area contributed by atoms with Crippen LogP contribution in [0.4, 0.5) is 34.1 Å². The standard InChI is InChI=1S/C20H28N6O4S/c1-23(2)14-5-7-16(21)18(11-14)25-9-10-26(20(13-25)29-31(27,28)30-20)19-12-15(24(3)4)6-8-17(19)22/h5-8,11-12H,9-10,13,21-22H2,1-4H3. The molecule has 2 heterocycles. The van der Waals surface area contributed by atoms with Crippen LogP contribution in [0.1, 0.15) is 0 Å². The molecule has 0 saturated carbocycles. The maximum absolute atomic E-state index is 11.9. The Hall–Kier alpha value is -2.89. The summed E-state index contributed by atoms with van der Waals surface area (Å²) in [5.41, 5.74) is 16.9. The van der Waals surface area contributed by atoms with Gasteiger partial charge in [-0.3, -0.25) is 0 Å². The number of nitrogens with zero attached hydrogens (tertiary/aromatic N) is 4. The van der Waals surface area contributed by atoms with Gasteiger partial charge in [0.2, 0.25) is 0 Å². The first kappa shape index (κ1) is 21.3. The van der Waals surface area contributed by atoms with Gasteiger partial charge in [0, 0.05) is 52.7 Å². The molecule has 4 N–H and O–H groups in total. The molecule has 0 bridgehead atoms. The van der Waals surface area contributed by atoms with Crippen molar-refractivity contribution >= 4 is 44.5 Å². The second-order valence-corrected chi connectivity index (χ2v) is 9.29. The quantitative estimate of drug-likeness (QED) is 0.662. The monoisotopic (exact) mass is 448 g/mol. The van der Waals surface area contributed by atoms with E-state index in [1.165, 1.54) is 0 Å². The Morgan fingerprint density at radius 3 is 1.90 bits per heavy atom. The average molecular weight is 449 g/mol. The molecule has 2 saturated heterocycles. The SMILES string of the molecule is CN(C)c1ccc(N)c(N2CCN(c3cc(N(C)C)ccc3N)C3(C2)OS(=O)(=O)O3)c1. The molecule has 0 aliphatic carbocycles. The van der Waals surface area contributed by atoms with Crippen molar-refractivity contribution in [2.24, 2.45) is 0 Å². The van der Waals surface area contributed by atoms with E-state index in [4.69, 9.17) is 19.8 Å². The molecule has 2 aromatic rings. The fourth-order valence-corrected chi connectivity index (χ4v) is 4.84. The lowest BCUT2D eigenvalue weighted by atomic mass is 10.1. The molecule has 2 aromatic carbocycles. The zero-order valence-corrected chi connectivity index (χ0v) is 18.9. The Morgan fingerprint density at radius 1 is 0.871 bits per heavy atom. The van der Waals surface area contributed by atoms with E-state index in [2.05, 4.69) is 0 Å². The largest absolute Gasteiger partial charge is 0.408 e. The minimum atomic E-state index is -4.07. The topological polar surface area (TPSA) is 118 Å². The third kappa shape index (κ3) is 3.80. The summed E-state index contributed by atoms with van der Waals surface area (Å²) < 4.78 is 34.5. The number of hydrogen-bond acceptors (Lipinski definition) is 10. The Bertz CT molecular complexity index is 1090. The zero-order valence-electron chi connectivity index (χ0n) is 18.1. The number of piperazine rings is 1. The molecular weight excluding hydrogens is 420 g/mol. The van der Waals surface area contributed by atoms with Crippen molar-refractivity contribution in [2.75, 3.05) is 78.9 Å². The van der Waals surface area contributed by atoms with E-state index in [-0.39, 0.29) is 6.54 Å². The Labute approximate surface area is 182 Å². The second-order valence-electron chi connectivity index (χ2n) is 8.14. The summed E-state index contributed by atoms with van der Waals surface area (Å²) in [5, 5.41) is 0. The fraction of sp³-hybridized carbons (Fsp3) is 0.400. The van der Waals surface area contributed by atoms with E-state index in [0.717, 1.165) is 17.1 Å². The van der Waals surface area contributed by atoms with Gasteiger partial charge in [-0.2, -0.15) is 16.8 Å². The first-order valence-electron chi connectivity index (χ1n) is 9.84. The minimum Gasteiger partial charge on any atom is -0.397 e. The lowest BCUT2D eigenvalue weighted by molar-refractivity contribution is -0.184. The molecule has 2 aliphatic heterocycles. The Kier molecular flexibility index (Phi) is 5.07. The highest BCUT2D eigenvalue weighted by Gasteiger charge is 2.60. The highest BCUT2D eigenvalue weighted by molar-refractivity contribution is 7.82. The fourth-order valence-electron chi connectivity index (χ4n) is 3.90. The molecule has 0 amide bonds. The van der Waals surface area contributed by atoms with Gasteiger partial charge in [0.05, 0.1) is 29.3 Å². The third-order valence-corrected chi connectivity index (χ3v) is 6.48. The zero-order chi connectivity index (χ0) is 22.6. The van der Waals surface area contributed by atoms with Gasteiger partial charge >= 0.3 is 16.3 Å². The Balaban J connectivity index is 1.72. The molecule has 1 spiro atoms. The number of hydrogen-bond donors (Lipinski definition) is 2. The van der Waals surface area contributed by atoms with E-state index < -0.39 is 16.3 Å². The van der Waals surface area contributed by atoms with Gasteiger partial charge in [0.15, 0.2) is 0 Å². The first-order valence-corrected chi connectivity index (χ1v) is 11.2. The van der Waals surface area contributed by atoms with Crippen molar-refractivity contribution in [1.82, 2.24) is 0 Å². The number of nitrogens with two attached hydrogens (primary N) is 2. The second kappa shape index (κ2) is 7.36. The van der Waals surface area contributed by atoms with Crippen molar-refractivity contribution in [3.05, 3.63) is 36.4 Å². The predicted octanol–water partition coefficient (Wildman–Crippen LogP) is 1.26. The maximum Gasteiger partial charge on any atom is 0.408 e. The van der Waals surface area contributed by atoms with E-state index in [1.54, 1.807) is 11.0 Å². The molecule has 4 rings (SSSR count). The van der Waals surface area contributed by atoms with E-state index >= 15 is 0 Å². The van der Waals surface area contributed by atoms with E-state index in [1.807, 2.05) is 73.2 Å². The summed E-state index contributed by atoms with van der Waals surface area (Å²) in [5.74, 6) is -1.52. The summed E-state index contributed by atoms with van der Waals surface area (Å²) >= 11 is 0. The van der Waals surface area contributed by atoms with E-state index in [0.29, 0.717) is 30.2 Å². The highest BCUT2D eigenvalue weighted by Crippen LogP contribution is 2.44. The summed E-state index contributed by atoms with van der Waals surface area (Å²) in [6.45, 7) is 1.13. The first-order chi connectivity index (χ1) is 14.5. The molecule has 10 nitrogen and oxygen atoms in total.